The van der Waals surface area contributed by atoms with E-state index in [1.54, 1.807) is 11.3 Å². The van der Waals surface area contributed by atoms with Crippen LogP contribution in [0.15, 0.2) is 48.7 Å². The predicted molar refractivity (Wildman–Crippen MR) is 187 cm³/mol. The third-order valence-electron chi connectivity index (χ3n) is 10.8. The van der Waals surface area contributed by atoms with Crippen molar-refractivity contribution < 1.29 is 19.2 Å². The molecule has 262 valence electrons. The lowest BCUT2D eigenvalue weighted by Crippen LogP contribution is -2.55. The number of hydrogen-bond acceptors (Lipinski definition) is 8. The van der Waals surface area contributed by atoms with Crippen LogP contribution in [0.2, 0.25) is 0 Å². The van der Waals surface area contributed by atoms with Gasteiger partial charge in [0, 0.05) is 75.4 Å². The Morgan fingerprint density at radius 1 is 0.939 bits per heavy atom. The smallest absolute Gasteiger partial charge is 0.351 e. The summed E-state index contributed by atoms with van der Waals surface area (Å²) in [4.78, 5) is 55.0. The van der Waals surface area contributed by atoms with Gasteiger partial charge in [-0.25, -0.2) is 9.59 Å². The minimum atomic E-state index is -0.764. The molecule has 13 nitrogen and oxygen atoms in total. The third kappa shape index (κ3) is 8.00. The molecule has 3 aromatic rings. The Hall–Kier alpha value is -4.20. The second-order valence-electron chi connectivity index (χ2n) is 14.0. The molecule has 13 heteroatoms. The number of nitrogens with zero attached hydrogens (tertiary/aromatic N) is 6. The Balaban J connectivity index is 0.951. The van der Waals surface area contributed by atoms with E-state index in [0.29, 0.717) is 58.0 Å². The zero-order valence-electron chi connectivity index (χ0n) is 28.5. The number of benzene rings is 2. The van der Waals surface area contributed by atoms with Gasteiger partial charge in [0.25, 0.3) is 0 Å². The maximum Gasteiger partial charge on any atom is 0.426 e. The molecule has 0 radical (unpaired) electrons. The van der Waals surface area contributed by atoms with Crippen molar-refractivity contribution in [2.45, 2.75) is 63.1 Å². The fraction of sp³-hybridized carbons (Fsp3) is 0.556. The summed E-state index contributed by atoms with van der Waals surface area (Å²) in [6.45, 7) is 7.38. The quantitative estimate of drug-likeness (QED) is 0.349. The van der Waals surface area contributed by atoms with E-state index in [4.69, 9.17) is 4.84 Å². The molecule has 0 bridgehead atoms. The van der Waals surface area contributed by atoms with E-state index >= 15 is 0 Å². The van der Waals surface area contributed by atoms with Gasteiger partial charge >= 0.3 is 12.1 Å². The summed E-state index contributed by atoms with van der Waals surface area (Å²) in [6.07, 6.45) is 6.69. The molecule has 3 saturated heterocycles. The minimum absolute atomic E-state index is 0.0579. The van der Waals surface area contributed by atoms with Gasteiger partial charge in [0.15, 0.2) is 0 Å². The maximum absolute atomic E-state index is 14.0. The topological polar surface area (TPSA) is 129 Å². The van der Waals surface area contributed by atoms with Gasteiger partial charge in [-0.3, -0.25) is 14.8 Å². The average Bonchev–Trinajstić information content (AvgIpc) is 3.38. The first-order valence-corrected chi connectivity index (χ1v) is 17.9. The van der Waals surface area contributed by atoms with E-state index in [9.17, 15) is 14.4 Å². The molecule has 5 heterocycles. The number of hydrogen-bond donors (Lipinski definition) is 3. The number of aromatic amines is 1. The molecule has 0 spiro atoms. The summed E-state index contributed by atoms with van der Waals surface area (Å²) >= 11 is 0. The van der Waals surface area contributed by atoms with Gasteiger partial charge in [0.05, 0.1) is 11.7 Å². The Morgan fingerprint density at radius 2 is 1.73 bits per heavy atom. The van der Waals surface area contributed by atoms with Crippen molar-refractivity contribution in [1.29, 1.82) is 0 Å². The molecule has 4 aliphatic rings. The normalized spacial score (nSPS) is 21.4. The van der Waals surface area contributed by atoms with Crippen LogP contribution >= 0.6 is 0 Å². The number of H-pyrrole nitrogens is 1. The lowest BCUT2D eigenvalue weighted by atomic mass is 9.99. The monoisotopic (exact) mass is 671 g/mol. The zero-order chi connectivity index (χ0) is 33.7. The molecule has 1 unspecified atom stereocenters. The number of amides is 4. The highest BCUT2D eigenvalue weighted by atomic mass is 16.7. The number of urea groups is 1. The first-order chi connectivity index (χ1) is 23.9. The number of rotatable bonds is 7. The molecule has 0 aliphatic carbocycles. The number of likely N-dealkylation sites (tertiary alicyclic amines) is 1. The van der Waals surface area contributed by atoms with Crippen molar-refractivity contribution >= 4 is 34.6 Å². The summed E-state index contributed by atoms with van der Waals surface area (Å²) < 4.78 is 0. The summed E-state index contributed by atoms with van der Waals surface area (Å²) in [7, 11) is 2.19. The number of anilines is 1. The summed E-state index contributed by atoms with van der Waals surface area (Å²) in [6, 6.07) is 13.6. The molecule has 2 aromatic carbocycles. The summed E-state index contributed by atoms with van der Waals surface area (Å²) in [5, 5.41) is 15.7. The molecule has 1 atom stereocenters. The van der Waals surface area contributed by atoms with E-state index in [1.807, 2.05) is 46.2 Å². The Kier molecular flexibility index (Phi) is 10.3. The van der Waals surface area contributed by atoms with Crippen LogP contribution in [0, 0.1) is 0 Å². The lowest BCUT2D eigenvalue weighted by Gasteiger charge is -2.39. The number of para-hydroxylation sites is 1. The Morgan fingerprint density at radius 3 is 2.57 bits per heavy atom. The fourth-order valence-corrected chi connectivity index (χ4v) is 7.93. The summed E-state index contributed by atoms with van der Waals surface area (Å²) in [5.41, 5.74) is 3.87. The highest BCUT2D eigenvalue weighted by Gasteiger charge is 2.34. The summed E-state index contributed by atoms with van der Waals surface area (Å²) in [5.74, 6) is -0.0785. The SMILES string of the molecule is CN1CCCN(C2CCN(C(=O)C(Cc3ccc4[nH]ncc4c3)NC(=O)ON3CCC(N4CCc5ccccc5NC4=O)CC3)CC2)CC1. The number of hydroxylamine groups is 2. The van der Waals surface area contributed by atoms with E-state index < -0.39 is 12.1 Å². The molecule has 3 fully saturated rings. The number of fused-ring (bicyclic) bond motifs is 2. The number of carbonyl (C=O) groups is 3. The van der Waals surface area contributed by atoms with Gasteiger partial charge in [-0.2, -0.15) is 5.10 Å². The highest BCUT2D eigenvalue weighted by molar-refractivity contribution is 5.91. The van der Waals surface area contributed by atoms with E-state index in [0.717, 1.165) is 73.2 Å². The van der Waals surface area contributed by atoms with E-state index in [1.165, 1.54) is 6.42 Å². The van der Waals surface area contributed by atoms with Crippen molar-refractivity contribution in [3.05, 3.63) is 59.8 Å². The maximum atomic E-state index is 14.0. The standard InChI is InChI=1S/C36H49N9O4/c1-41-14-4-15-42(22-21-41)29-10-16-43(17-11-29)34(46)33(24-26-7-8-32-28(23-26)25-37-40-32)39-36(48)49-44-18-12-30(13-19-44)45-20-9-27-5-2-3-6-31(27)38-35(45)47/h2-3,5-8,23,25,29-30,33H,4,9-22,24H2,1H3,(H,37,40)(H,38,47)(H,39,48). The number of piperidine rings is 2. The first-order valence-electron chi connectivity index (χ1n) is 17.9. The van der Waals surface area contributed by atoms with Crippen LogP contribution in [-0.2, 0) is 22.5 Å². The second-order valence-corrected chi connectivity index (χ2v) is 14.0. The fourth-order valence-electron chi connectivity index (χ4n) is 7.93. The molecular weight excluding hydrogens is 622 g/mol. The van der Waals surface area contributed by atoms with E-state index in [-0.39, 0.29) is 18.0 Å². The molecule has 0 saturated carbocycles. The molecule has 4 aliphatic heterocycles. The van der Waals surface area contributed by atoms with Crippen LogP contribution in [-0.4, -0.2) is 137 Å². The second kappa shape index (κ2) is 15.1. The predicted octanol–water partition coefficient (Wildman–Crippen LogP) is 3.30. The Bertz CT molecular complexity index is 1610. The zero-order valence-corrected chi connectivity index (χ0v) is 28.5. The van der Waals surface area contributed by atoms with Gasteiger partial charge in [-0.05, 0) is 88.0 Å². The van der Waals surface area contributed by atoms with Crippen molar-refractivity contribution in [1.82, 2.24) is 40.2 Å². The molecule has 4 amide bonds. The number of carbonyl (C=O) groups excluding carboxylic acids is 3. The van der Waals surface area contributed by atoms with Crippen LogP contribution in [0.25, 0.3) is 10.9 Å². The number of nitrogens with one attached hydrogen (secondary N) is 3. The minimum Gasteiger partial charge on any atom is -0.351 e. The van der Waals surface area contributed by atoms with Crippen molar-refractivity contribution in [3.8, 4) is 0 Å². The molecule has 7 rings (SSSR count). The number of aromatic nitrogens is 2. The van der Waals surface area contributed by atoms with Crippen molar-refractivity contribution in [2.75, 3.05) is 71.3 Å². The van der Waals surface area contributed by atoms with Crippen LogP contribution in [0.3, 0.4) is 0 Å². The van der Waals surface area contributed by atoms with Gasteiger partial charge in [-0.15, -0.1) is 5.06 Å². The average molecular weight is 672 g/mol. The van der Waals surface area contributed by atoms with E-state index in [2.05, 4.69) is 43.7 Å². The third-order valence-corrected chi connectivity index (χ3v) is 10.8. The van der Waals surface area contributed by atoms with Gasteiger partial charge in [0.1, 0.15) is 6.04 Å². The van der Waals surface area contributed by atoms with Crippen LogP contribution in [0.5, 0.6) is 0 Å². The van der Waals surface area contributed by atoms with Crippen molar-refractivity contribution in [2.24, 2.45) is 0 Å². The highest BCUT2D eigenvalue weighted by Crippen LogP contribution is 2.25. The Labute approximate surface area is 287 Å². The first kappa shape index (κ1) is 33.3. The van der Waals surface area contributed by atoms with Gasteiger partial charge < -0.3 is 30.2 Å². The molecule has 3 N–H and O–H groups in total. The molecule has 1 aromatic heterocycles. The van der Waals surface area contributed by atoms with Gasteiger partial charge in [0.2, 0.25) is 5.91 Å². The number of likely N-dealkylation sites (N-methyl/N-ethyl adjacent to an activating group) is 1. The van der Waals surface area contributed by atoms with Gasteiger partial charge in [-0.1, -0.05) is 24.3 Å². The molecule has 49 heavy (non-hydrogen) atoms. The lowest BCUT2D eigenvalue weighted by molar-refractivity contribution is -0.137. The van der Waals surface area contributed by atoms with Crippen LogP contribution in [0.4, 0.5) is 15.3 Å². The largest absolute Gasteiger partial charge is 0.426 e. The molecular formula is C36H49N9O4. The van der Waals surface area contributed by atoms with Crippen LogP contribution in [0.1, 0.15) is 43.2 Å². The van der Waals surface area contributed by atoms with Crippen molar-refractivity contribution in [3.63, 3.8) is 0 Å². The van der Waals surface area contributed by atoms with Crippen LogP contribution < -0.4 is 10.6 Å².